The van der Waals surface area contributed by atoms with Crippen LogP contribution in [-0.4, -0.2) is 17.8 Å². The van der Waals surface area contributed by atoms with Crippen LogP contribution in [0.2, 0.25) is 0 Å². The number of methoxy groups -OCH3 is 1. The Kier molecular flexibility index (Phi) is 3.79. The molecular weight excluding hydrogens is 258 g/mol. The van der Waals surface area contributed by atoms with Crippen molar-refractivity contribution in [3.05, 3.63) is 58.1 Å². The quantitative estimate of drug-likeness (QED) is 0.485. The maximum absolute atomic E-state index is 11.3. The Bertz CT molecular complexity index is 662. The molecule has 0 bridgehead atoms. The van der Waals surface area contributed by atoms with Crippen LogP contribution in [0.4, 0.5) is 5.69 Å². The first-order chi connectivity index (χ1) is 9.52. The fourth-order valence-corrected chi connectivity index (χ4v) is 1.92. The summed E-state index contributed by atoms with van der Waals surface area (Å²) < 4.78 is 5.05. The van der Waals surface area contributed by atoms with E-state index in [9.17, 15) is 14.9 Å². The lowest BCUT2D eigenvalue weighted by molar-refractivity contribution is -0.384. The van der Waals surface area contributed by atoms with Crippen molar-refractivity contribution in [1.82, 2.24) is 0 Å². The van der Waals surface area contributed by atoms with Gasteiger partial charge in [0.05, 0.1) is 17.6 Å². The molecule has 102 valence electrons. The fraction of sp³-hybridized carbons (Fsp3) is 0.133. The third-order valence-corrected chi connectivity index (χ3v) is 3.00. The van der Waals surface area contributed by atoms with Gasteiger partial charge in [0.25, 0.3) is 5.69 Å². The van der Waals surface area contributed by atoms with Crippen LogP contribution < -0.4 is 4.74 Å². The number of nitro benzene ring substituents is 1. The summed E-state index contributed by atoms with van der Waals surface area (Å²) in [6.07, 6.45) is 0. The molecule has 0 fully saturated rings. The topological polar surface area (TPSA) is 69.4 Å². The van der Waals surface area contributed by atoms with Crippen LogP contribution in [0.1, 0.15) is 17.3 Å². The number of nitrogens with zero attached hydrogens (tertiary/aromatic N) is 1. The van der Waals surface area contributed by atoms with E-state index in [-0.39, 0.29) is 11.5 Å². The molecule has 2 aromatic rings. The first-order valence-electron chi connectivity index (χ1n) is 5.96. The molecule has 2 aromatic carbocycles. The monoisotopic (exact) mass is 271 g/mol. The number of carbonyl (C=O) groups is 1. The van der Waals surface area contributed by atoms with E-state index >= 15 is 0 Å². The zero-order chi connectivity index (χ0) is 14.7. The average Bonchev–Trinajstić information content (AvgIpc) is 2.46. The Morgan fingerprint density at radius 1 is 1.15 bits per heavy atom. The van der Waals surface area contributed by atoms with E-state index in [2.05, 4.69) is 0 Å². The molecule has 20 heavy (non-hydrogen) atoms. The number of hydrogen-bond donors (Lipinski definition) is 0. The van der Waals surface area contributed by atoms with E-state index < -0.39 is 4.92 Å². The van der Waals surface area contributed by atoms with Gasteiger partial charge in [-0.15, -0.1) is 0 Å². The van der Waals surface area contributed by atoms with Crippen molar-refractivity contribution >= 4 is 11.5 Å². The molecule has 5 heteroatoms. The molecule has 0 aliphatic rings. The molecule has 0 aliphatic heterocycles. The lowest BCUT2D eigenvalue weighted by Gasteiger charge is -2.06. The van der Waals surface area contributed by atoms with Crippen LogP contribution in [0.3, 0.4) is 0 Å². The molecule has 0 heterocycles. The number of rotatable bonds is 4. The van der Waals surface area contributed by atoms with Crippen LogP contribution in [0.25, 0.3) is 11.1 Å². The van der Waals surface area contributed by atoms with Crippen molar-refractivity contribution < 1.29 is 14.5 Å². The van der Waals surface area contributed by atoms with Crippen molar-refractivity contribution in [2.75, 3.05) is 7.11 Å². The second kappa shape index (κ2) is 5.52. The second-order valence-electron chi connectivity index (χ2n) is 4.27. The molecule has 2 rings (SSSR count). The number of ketones is 1. The van der Waals surface area contributed by atoms with Gasteiger partial charge in [0.1, 0.15) is 5.75 Å². The lowest BCUT2D eigenvalue weighted by Crippen LogP contribution is -1.97. The maximum atomic E-state index is 11.3. The molecule has 0 radical (unpaired) electrons. The van der Waals surface area contributed by atoms with Crippen molar-refractivity contribution in [2.24, 2.45) is 0 Å². The van der Waals surface area contributed by atoms with Gasteiger partial charge in [-0.3, -0.25) is 14.9 Å². The predicted molar refractivity (Wildman–Crippen MR) is 75.1 cm³/mol. The van der Waals surface area contributed by atoms with Gasteiger partial charge in [-0.05, 0) is 30.7 Å². The van der Waals surface area contributed by atoms with E-state index in [1.807, 2.05) is 0 Å². The molecule has 0 saturated carbocycles. The molecule has 0 unspecified atom stereocenters. The van der Waals surface area contributed by atoms with Gasteiger partial charge in [0.15, 0.2) is 5.78 Å². The Hall–Kier alpha value is -2.69. The highest BCUT2D eigenvalue weighted by Gasteiger charge is 2.17. The van der Waals surface area contributed by atoms with Gasteiger partial charge >= 0.3 is 0 Å². The third-order valence-electron chi connectivity index (χ3n) is 3.00. The molecule has 0 aromatic heterocycles. The predicted octanol–water partition coefficient (Wildman–Crippen LogP) is 3.47. The Balaban J connectivity index is 2.54. The normalized spacial score (nSPS) is 10.1. The summed E-state index contributed by atoms with van der Waals surface area (Å²) in [7, 11) is 1.55. The smallest absolute Gasteiger partial charge is 0.277 e. The standard InChI is InChI=1S/C15H13NO4/c1-10(17)12-5-8-14(15(9-12)16(18)19)11-3-6-13(20-2)7-4-11/h3-9H,1-2H3. The minimum absolute atomic E-state index is 0.0807. The number of nitro groups is 1. The minimum Gasteiger partial charge on any atom is -0.497 e. The van der Waals surface area contributed by atoms with Gasteiger partial charge in [0.2, 0.25) is 0 Å². The third kappa shape index (κ3) is 2.66. The van der Waals surface area contributed by atoms with Crippen molar-refractivity contribution in [3.8, 4) is 16.9 Å². The number of ether oxygens (including phenoxy) is 1. The molecular formula is C15H13NO4. The highest BCUT2D eigenvalue weighted by Crippen LogP contribution is 2.31. The summed E-state index contributed by atoms with van der Waals surface area (Å²) in [5.74, 6) is 0.478. The van der Waals surface area contributed by atoms with E-state index in [0.29, 0.717) is 22.4 Å². The average molecular weight is 271 g/mol. The van der Waals surface area contributed by atoms with Gasteiger partial charge in [-0.1, -0.05) is 18.2 Å². The maximum Gasteiger partial charge on any atom is 0.277 e. The molecule has 5 nitrogen and oxygen atoms in total. The number of Topliss-reactive ketones (excluding diaryl/α,β-unsaturated/α-hetero) is 1. The number of hydrogen-bond acceptors (Lipinski definition) is 4. The molecule has 0 aliphatic carbocycles. The highest BCUT2D eigenvalue weighted by atomic mass is 16.6. The van der Waals surface area contributed by atoms with Crippen molar-refractivity contribution in [1.29, 1.82) is 0 Å². The van der Waals surface area contributed by atoms with E-state index in [4.69, 9.17) is 4.74 Å². The largest absolute Gasteiger partial charge is 0.497 e. The van der Waals surface area contributed by atoms with Crippen LogP contribution in [0.5, 0.6) is 5.75 Å². The van der Waals surface area contributed by atoms with Gasteiger partial charge in [-0.25, -0.2) is 0 Å². The van der Waals surface area contributed by atoms with Crippen LogP contribution >= 0.6 is 0 Å². The van der Waals surface area contributed by atoms with E-state index in [1.165, 1.54) is 13.0 Å². The van der Waals surface area contributed by atoms with E-state index in [0.717, 1.165) is 0 Å². The lowest BCUT2D eigenvalue weighted by atomic mass is 10.0. The first kappa shape index (κ1) is 13.7. The fourth-order valence-electron chi connectivity index (χ4n) is 1.92. The van der Waals surface area contributed by atoms with Gasteiger partial charge in [0, 0.05) is 11.6 Å². The summed E-state index contributed by atoms with van der Waals surface area (Å²) in [6, 6.07) is 11.5. The summed E-state index contributed by atoms with van der Waals surface area (Å²) in [6.45, 7) is 1.38. The van der Waals surface area contributed by atoms with Crippen molar-refractivity contribution in [3.63, 3.8) is 0 Å². The second-order valence-corrected chi connectivity index (χ2v) is 4.27. The summed E-state index contributed by atoms with van der Waals surface area (Å²) in [4.78, 5) is 22.0. The summed E-state index contributed by atoms with van der Waals surface area (Å²) in [5, 5.41) is 11.2. The molecule has 0 spiro atoms. The zero-order valence-corrected chi connectivity index (χ0v) is 11.1. The Labute approximate surface area is 116 Å². The molecule has 0 atom stereocenters. The van der Waals surface area contributed by atoms with E-state index in [1.54, 1.807) is 43.5 Å². The minimum atomic E-state index is -0.480. The molecule has 0 saturated heterocycles. The Morgan fingerprint density at radius 3 is 2.30 bits per heavy atom. The van der Waals surface area contributed by atoms with Gasteiger partial charge < -0.3 is 4.74 Å². The molecule has 0 amide bonds. The SMILES string of the molecule is COc1ccc(-c2ccc(C(C)=O)cc2[N+](=O)[O-])cc1. The molecule has 0 N–H and O–H groups in total. The first-order valence-corrected chi connectivity index (χ1v) is 5.96. The van der Waals surface area contributed by atoms with Crippen molar-refractivity contribution in [2.45, 2.75) is 6.92 Å². The number of carbonyl (C=O) groups excluding carboxylic acids is 1. The van der Waals surface area contributed by atoms with Crippen LogP contribution in [0.15, 0.2) is 42.5 Å². The highest BCUT2D eigenvalue weighted by molar-refractivity contribution is 5.96. The Morgan fingerprint density at radius 2 is 1.80 bits per heavy atom. The summed E-state index contributed by atoms with van der Waals surface area (Å²) >= 11 is 0. The van der Waals surface area contributed by atoms with Crippen LogP contribution in [0, 0.1) is 10.1 Å². The number of benzene rings is 2. The zero-order valence-electron chi connectivity index (χ0n) is 11.1. The van der Waals surface area contributed by atoms with Gasteiger partial charge in [-0.2, -0.15) is 0 Å². The van der Waals surface area contributed by atoms with Crippen LogP contribution in [-0.2, 0) is 0 Å². The summed E-state index contributed by atoms with van der Waals surface area (Å²) in [5.41, 5.74) is 1.42.